The summed E-state index contributed by atoms with van der Waals surface area (Å²) in [5.41, 5.74) is 0. The maximum atomic E-state index is 2.63. The van der Waals surface area contributed by atoms with Crippen molar-refractivity contribution in [1.29, 1.82) is 0 Å². The quantitative estimate of drug-likeness (QED) is 0.623. The minimum Gasteiger partial charge on any atom is -0.302 e. The highest BCUT2D eigenvalue weighted by Crippen LogP contribution is 2.34. The van der Waals surface area contributed by atoms with Gasteiger partial charge in [0, 0.05) is 11.8 Å². The lowest BCUT2D eigenvalue weighted by molar-refractivity contribution is 0.118. The van der Waals surface area contributed by atoms with Gasteiger partial charge in [0.2, 0.25) is 0 Å². The molecule has 0 aromatic carbocycles. The molecule has 2 bridgehead atoms. The molecule has 3 rings (SSSR count). The molecule has 2 heteroatoms. The highest BCUT2D eigenvalue weighted by molar-refractivity contribution is 7.99. The lowest BCUT2D eigenvalue weighted by atomic mass is 9.88. The Bertz CT molecular complexity index is 130. The first-order valence-electron chi connectivity index (χ1n) is 4.74. The molecule has 3 aliphatic rings. The van der Waals surface area contributed by atoms with E-state index in [0.29, 0.717) is 0 Å². The Labute approximate surface area is 73.5 Å². The largest absolute Gasteiger partial charge is 0.302 e. The van der Waals surface area contributed by atoms with Crippen molar-refractivity contribution in [2.45, 2.75) is 25.0 Å². The zero-order valence-electron chi connectivity index (χ0n) is 7.25. The second-order valence-corrected chi connectivity index (χ2v) is 5.15. The van der Waals surface area contributed by atoms with Crippen LogP contribution in [-0.4, -0.2) is 35.5 Å². The van der Waals surface area contributed by atoms with E-state index in [9.17, 15) is 0 Å². The second kappa shape index (κ2) is 3.36. The summed E-state index contributed by atoms with van der Waals surface area (Å²) < 4.78 is 0. The molecule has 3 saturated heterocycles. The van der Waals surface area contributed by atoms with Crippen molar-refractivity contribution in [3.05, 3.63) is 0 Å². The van der Waals surface area contributed by atoms with Crippen LogP contribution >= 0.6 is 11.8 Å². The van der Waals surface area contributed by atoms with Crippen LogP contribution in [0.1, 0.15) is 19.8 Å². The molecule has 11 heavy (non-hydrogen) atoms. The van der Waals surface area contributed by atoms with Crippen molar-refractivity contribution in [3.8, 4) is 0 Å². The van der Waals surface area contributed by atoms with Gasteiger partial charge in [0.1, 0.15) is 0 Å². The van der Waals surface area contributed by atoms with Gasteiger partial charge in [-0.2, -0.15) is 11.8 Å². The summed E-state index contributed by atoms with van der Waals surface area (Å²) >= 11 is 2.17. The molecule has 0 amide bonds. The van der Waals surface area contributed by atoms with E-state index in [0.717, 1.165) is 11.2 Å². The van der Waals surface area contributed by atoms with Gasteiger partial charge >= 0.3 is 0 Å². The number of hydrogen-bond donors (Lipinski definition) is 0. The summed E-state index contributed by atoms with van der Waals surface area (Å²) in [6.45, 7) is 6.42. The van der Waals surface area contributed by atoms with Crippen LogP contribution in [-0.2, 0) is 0 Å². The maximum absolute atomic E-state index is 2.63. The summed E-state index contributed by atoms with van der Waals surface area (Å²) in [6.07, 6.45) is 2.94. The summed E-state index contributed by atoms with van der Waals surface area (Å²) in [7, 11) is 0. The zero-order chi connectivity index (χ0) is 7.68. The monoisotopic (exact) mass is 171 g/mol. The Morgan fingerprint density at radius 3 is 2.55 bits per heavy atom. The lowest BCUT2D eigenvalue weighted by Gasteiger charge is -2.44. The molecule has 64 valence electrons. The Kier molecular flexibility index (Phi) is 2.42. The van der Waals surface area contributed by atoms with E-state index in [1.807, 2.05) is 0 Å². The Balaban J connectivity index is 1.92. The van der Waals surface area contributed by atoms with Gasteiger partial charge in [0.05, 0.1) is 0 Å². The number of piperidine rings is 3. The third-order valence-electron chi connectivity index (χ3n) is 2.98. The van der Waals surface area contributed by atoms with E-state index in [-0.39, 0.29) is 0 Å². The van der Waals surface area contributed by atoms with Crippen LogP contribution in [0.2, 0.25) is 0 Å². The molecule has 0 radical (unpaired) electrons. The van der Waals surface area contributed by atoms with E-state index in [1.54, 1.807) is 0 Å². The first kappa shape index (κ1) is 7.93. The van der Waals surface area contributed by atoms with Crippen LogP contribution in [0.4, 0.5) is 0 Å². The van der Waals surface area contributed by atoms with Crippen molar-refractivity contribution in [3.63, 3.8) is 0 Å². The average molecular weight is 171 g/mol. The second-order valence-electron chi connectivity index (χ2n) is 3.63. The molecule has 1 atom stereocenters. The van der Waals surface area contributed by atoms with E-state index < -0.39 is 0 Å². The molecule has 3 aliphatic heterocycles. The van der Waals surface area contributed by atoms with E-state index in [4.69, 9.17) is 0 Å². The number of nitrogens with zero attached hydrogens (tertiary/aromatic N) is 1. The Hall–Kier alpha value is 0.310. The minimum absolute atomic E-state index is 0.975. The van der Waals surface area contributed by atoms with Gasteiger partial charge < -0.3 is 4.90 Å². The van der Waals surface area contributed by atoms with E-state index in [2.05, 4.69) is 23.6 Å². The van der Waals surface area contributed by atoms with Gasteiger partial charge in [-0.3, -0.25) is 0 Å². The van der Waals surface area contributed by atoms with Crippen LogP contribution in [0.5, 0.6) is 0 Å². The summed E-state index contributed by atoms with van der Waals surface area (Å²) in [5.74, 6) is 2.36. The van der Waals surface area contributed by atoms with Crippen LogP contribution in [0.3, 0.4) is 0 Å². The zero-order valence-corrected chi connectivity index (χ0v) is 8.07. The van der Waals surface area contributed by atoms with Gasteiger partial charge in [0.25, 0.3) is 0 Å². The smallest absolute Gasteiger partial charge is 0.0204 e. The van der Waals surface area contributed by atoms with E-state index >= 15 is 0 Å². The molecule has 0 spiro atoms. The Morgan fingerprint density at radius 2 is 2.09 bits per heavy atom. The fourth-order valence-electron chi connectivity index (χ4n) is 2.31. The van der Waals surface area contributed by atoms with Crippen molar-refractivity contribution in [2.75, 3.05) is 25.4 Å². The normalized spacial score (nSPS) is 42.8. The van der Waals surface area contributed by atoms with Gasteiger partial charge in [-0.15, -0.1) is 0 Å². The van der Waals surface area contributed by atoms with Crippen molar-refractivity contribution in [2.24, 2.45) is 5.92 Å². The molecule has 0 aromatic heterocycles. The first-order valence-corrected chi connectivity index (χ1v) is 5.79. The van der Waals surface area contributed by atoms with Crippen molar-refractivity contribution in [1.82, 2.24) is 4.90 Å². The molecular weight excluding hydrogens is 154 g/mol. The number of thioether (sulfide) groups is 1. The molecular formula is C9H17NS. The van der Waals surface area contributed by atoms with Gasteiger partial charge in [-0.25, -0.2) is 0 Å². The van der Waals surface area contributed by atoms with Crippen LogP contribution in [0.25, 0.3) is 0 Å². The van der Waals surface area contributed by atoms with Crippen LogP contribution < -0.4 is 0 Å². The molecule has 0 aromatic rings. The fraction of sp³-hybridized carbons (Fsp3) is 1.00. The minimum atomic E-state index is 0.975. The number of hydrogen-bond acceptors (Lipinski definition) is 2. The highest BCUT2D eigenvalue weighted by Gasteiger charge is 2.33. The first-order chi connectivity index (χ1) is 5.40. The van der Waals surface area contributed by atoms with Gasteiger partial charge in [0.15, 0.2) is 0 Å². The predicted molar refractivity (Wildman–Crippen MR) is 51.1 cm³/mol. The highest BCUT2D eigenvalue weighted by atomic mass is 32.2. The fourth-order valence-corrected chi connectivity index (χ4v) is 3.60. The maximum Gasteiger partial charge on any atom is 0.0204 e. The SMILES string of the molecule is CCSC1CN2CCC1CC2. The number of fused-ring (bicyclic) bond motifs is 3. The topological polar surface area (TPSA) is 3.24 Å². The standard InChI is InChI=1S/C9H17NS/c1-2-11-9-7-10-5-3-8(9)4-6-10/h8-9H,2-7H2,1H3. The van der Waals surface area contributed by atoms with Gasteiger partial charge in [-0.1, -0.05) is 6.92 Å². The van der Waals surface area contributed by atoms with Crippen LogP contribution in [0.15, 0.2) is 0 Å². The lowest BCUT2D eigenvalue weighted by Crippen LogP contribution is -2.49. The number of rotatable bonds is 2. The van der Waals surface area contributed by atoms with Crippen molar-refractivity contribution >= 4 is 11.8 Å². The third-order valence-corrected chi connectivity index (χ3v) is 4.27. The molecule has 0 N–H and O–H groups in total. The molecule has 3 fully saturated rings. The molecule has 1 nitrogen and oxygen atoms in total. The third kappa shape index (κ3) is 1.57. The molecule has 1 unspecified atom stereocenters. The molecule has 0 aliphatic carbocycles. The van der Waals surface area contributed by atoms with E-state index in [1.165, 1.54) is 38.2 Å². The average Bonchev–Trinajstić information content (AvgIpc) is 2.07. The summed E-state index contributed by atoms with van der Waals surface area (Å²) in [6, 6.07) is 0. The van der Waals surface area contributed by atoms with Crippen molar-refractivity contribution < 1.29 is 0 Å². The summed E-state index contributed by atoms with van der Waals surface area (Å²) in [5, 5.41) is 0.975. The molecule has 3 heterocycles. The van der Waals surface area contributed by atoms with Gasteiger partial charge in [-0.05, 0) is 37.6 Å². The van der Waals surface area contributed by atoms with Crippen LogP contribution in [0, 0.1) is 5.92 Å². The predicted octanol–water partition coefficient (Wildman–Crippen LogP) is 1.83. The molecule has 0 saturated carbocycles. The Morgan fingerprint density at radius 1 is 1.36 bits per heavy atom. The summed E-state index contributed by atoms with van der Waals surface area (Å²) in [4.78, 5) is 2.63.